The second kappa shape index (κ2) is 7.05. The zero-order chi connectivity index (χ0) is 19.7. The van der Waals surface area contributed by atoms with Crippen LogP contribution in [0.25, 0.3) is 16.9 Å². The summed E-state index contributed by atoms with van der Waals surface area (Å²) in [5.41, 5.74) is 4.53. The number of rotatable bonds is 4. The van der Waals surface area contributed by atoms with E-state index in [1.54, 1.807) is 0 Å². The molecule has 2 heterocycles. The average Bonchev–Trinajstić information content (AvgIpc) is 3.12. The molecule has 2 aromatic carbocycles. The Kier molecular flexibility index (Phi) is 4.42. The van der Waals surface area contributed by atoms with Crippen LogP contribution in [0, 0.1) is 11.3 Å². The fourth-order valence-electron chi connectivity index (χ4n) is 3.25. The standard InChI is InChI=1S/C22H19N5O/c1-14(2)19-20(26-21-16(12-23)13-24-27(21)22(19)28)15-8-10-18(11-9-15)25-17-6-4-3-5-7-17/h3-11,13-14,24-25H,1-2H3. The summed E-state index contributed by atoms with van der Waals surface area (Å²) in [5.74, 6) is -0.0112. The van der Waals surface area contributed by atoms with Crippen LogP contribution in [0.4, 0.5) is 11.4 Å². The first-order chi connectivity index (χ1) is 13.6. The molecule has 0 spiro atoms. The van der Waals surface area contributed by atoms with Crippen LogP contribution in [-0.4, -0.2) is 14.6 Å². The number of para-hydroxylation sites is 1. The van der Waals surface area contributed by atoms with Gasteiger partial charge in [0.15, 0.2) is 5.65 Å². The van der Waals surface area contributed by atoms with Gasteiger partial charge in [0.1, 0.15) is 11.6 Å². The lowest BCUT2D eigenvalue weighted by molar-refractivity contribution is 0.797. The molecule has 0 aliphatic heterocycles. The number of benzene rings is 2. The Morgan fingerprint density at radius 1 is 1.07 bits per heavy atom. The predicted molar refractivity (Wildman–Crippen MR) is 110 cm³/mol. The lowest BCUT2D eigenvalue weighted by Crippen LogP contribution is -2.22. The smallest absolute Gasteiger partial charge is 0.276 e. The van der Waals surface area contributed by atoms with Gasteiger partial charge >= 0.3 is 0 Å². The number of nitrogens with one attached hydrogen (secondary N) is 2. The highest BCUT2D eigenvalue weighted by atomic mass is 16.1. The first-order valence-corrected chi connectivity index (χ1v) is 9.05. The number of hydrogen-bond acceptors (Lipinski definition) is 4. The van der Waals surface area contributed by atoms with Crippen LogP contribution < -0.4 is 10.9 Å². The van der Waals surface area contributed by atoms with Gasteiger partial charge < -0.3 is 5.32 Å². The minimum atomic E-state index is -0.178. The van der Waals surface area contributed by atoms with Crippen molar-refractivity contribution in [3.63, 3.8) is 0 Å². The predicted octanol–water partition coefficient (Wildman–Crippen LogP) is 4.43. The summed E-state index contributed by atoms with van der Waals surface area (Å²) in [5, 5.41) is 15.5. The molecule has 4 aromatic rings. The van der Waals surface area contributed by atoms with Gasteiger partial charge in [-0.25, -0.2) is 9.50 Å². The molecule has 0 aliphatic carbocycles. The molecule has 4 rings (SSSR count). The van der Waals surface area contributed by atoms with Gasteiger partial charge in [0.25, 0.3) is 5.56 Å². The van der Waals surface area contributed by atoms with E-state index in [0.29, 0.717) is 22.5 Å². The Labute approximate surface area is 162 Å². The third kappa shape index (κ3) is 3.03. The van der Waals surface area contributed by atoms with Crippen molar-refractivity contribution in [1.29, 1.82) is 5.26 Å². The van der Waals surface area contributed by atoms with Gasteiger partial charge in [-0.05, 0) is 30.2 Å². The second-order valence-corrected chi connectivity index (χ2v) is 6.86. The highest BCUT2D eigenvalue weighted by molar-refractivity contribution is 5.71. The Balaban J connectivity index is 1.81. The Hall–Kier alpha value is -3.85. The molecule has 0 amide bonds. The maximum Gasteiger partial charge on any atom is 0.276 e. The van der Waals surface area contributed by atoms with Crippen molar-refractivity contribution in [3.05, 3.63) is 82.3 Å². The molecule has 0 unspecified atom stereocenters. The van der Waals surface area contributed by atoms with Gasteiger partial charge in [0, 0.05) is 28.7 Å². The second-order valence-electron chi connectivity index (χ2n) is 6.86. The largest absolute Gasteiger partial charge is 0.356 e. The molecule has 2 aromatic heterocycles. The number of anilines is 2. The molecule has 0 radical (unpaired) electrons. The van der Waals surface area contributed by atoms with Crippen LogP contribution in [0.3, 0.4) is 0 Å². The molecule has 0 saturated carbocycles. The molecule has 6 heteroatoms. The Morgan fingerprint density at radius 2 is 1.75 bits per heavy atom. The zero-order valence-electron chi connectivity index (χ0n) is 15.6. The van der Waals surface area contributed by atoms with E-state index < -0.39 is 0 Å². The molecular weight excluding hydrogens is 350 g/mol. The number of nitrogens with zero attached hydrogens (tertiary/aromatic N) is 3. The molecule has 0 fully saturated rings. The van der Waals surface area contributed by atoms with E-state index in [1.165, 1.54) is 10.7 Å². The minimum absolute atomic E-state index is 0.0112. The van der Waals surface area contributed by atoms with Gasteiger partial charge in [-0.3, -0.25) is 9.89 Å². The third-order valence-electron chi connectivity index (χ3n) is 4.62. The van der Waals surface area contributed by atoms with E-state index in [2.05, 4.69) is 21.5 Å². The summed E-state index contributed by atoms with van der Waals surface area (Å²) < 4.78 is 1.34. The van der Waals surface area contributed by atoms with Crippen LogP contribution in [0.5, 0.6) is 0 Å². The average molecular weight is 369 g/mol. The molecular formula is C22H19N5O. The van der Waals surface area contributed by atoms with Crippen molar-refractivity contribution in [2.45, 2.75) is 19.8 Å². The van der Waals surface area contributed by atoms with E-state index in [0.717, 1.165) is 16.9 Å². The van der Waals surface area contributed by atoms with Gasteiger partial charge in [-0.15, -0.1) is 0 Å². The van der Waals surface area contributed by atoms with Crippen LogP contribution in [0.2, 0.25) is 0 Å². The van der Waals surface area contributed by atoms with Gasteiger partial charge in [0.05, 0.1) is 5.69 Å². The molecule has 6 nitrogen and oxygen atoms in total. The van der Waals surface area contributed by atoms with E-state index in [1.807, 2.05) is 68.4 Å². The molecule has 138 valence electrons. The van der Waals surface area contributed by atoms with Crippen molar-refractivity contribution < 1.29 is 0 Å². The first-order valence-electron chi connectivity index (χ1n) is 9.05. The summed E-state index contributed by atoms with van der Waals surface area (Å²) in [6.45, 7) is 3.93. The summed E-state index contributed by atoms with van der Waals surface area (Å²) in [4.78, 5) is 17.6. The van der Waals surface area contributed by atoms with Gasteiger partial charge in [0.2, 0.25) is 0 Å². The van der Waals surface area contributed by atoms with E-state index >= 15 is 0 Å². The summed E-state index contributed by atoms with van der Waals surface area (Å²) >= 11 is 0. The highest BCUT2D eigenvalue weighted by Crippen LogP contribution is 2.28. The molecule has 2 N–H and O–H groups in total. The van der Waals surface area contributed by atoms with Crippen molar-refractivity contribution in [2.75, 3.05) is 5.32 Å². The number of hydrogen-bond donors (Lipinski definition) is 2. The Morgan fingerprint density at radius 3 is 2.39 bits per heavy atom. The Bertz CT molecular complexity index is 1230. The number of nitriles is 1. The molecule has 0 atom stereocenters. The minimum Gasteiger partial charge on any atom is -0.356 e. The van der Waals surface area contributed by atoms with E-state index in [-0.39, 0.29) is 11.5 Å². The van der Waals surface area contributed by atoms with E-state index in [9.17, 15) is 10.1 Å². The maximum absolute atomic E-state index is 13.0. The lowest BCUT2D eigenvalue weighted by atomic mass is 9.98. The van der Waals surface area contributed by atoms with Gasteiger partial charge in [-0.2, -0.15) is 5.26 Å². The van der Waals surface area contributed by atoms with Crippen LogP contribution in [-0.2, 0) is 0 Å². The van der Waals surface area contributed by atoms with Gasteiger partial charge in [-0.1, -0.05) is 44.2 Å². The first kappa shape index (κ1) is 17.6. The van der Waals surface area contributed by atoms with Crippen LogP contribution in [0.1, 0.15) is 30.9 Å². The molecule has 0 saturated heterocycles. The molecule has 28 heavy (non-hydrogen) atoms. The van der Waals surface area contributed by atoms with Crippen molar-refractivity contribution >= 4 is 17.0 Å². The fraction of sp³-hybridized carbons (Fsp3) is 0.136. The van der Waals surface area contributed by atoms with Crippen LogP contribution in [0.15, 0.2) is 65.6 Å². The number of fused-ring (bicyclic) bond motifs is 1. The van der Waals surface area contributed by atoms with Crippen molar-refractivity contribution in [2.24, 2.45) is 0 Å². The molecule has 0 bridgehead atoms. The number of aromatic amines is 1. The van der Waals surface area contributed by atoms with Crippen molar-refractivity contribution in [1.82, 2.24) is 14.6 Å². The zero-order valence-corrected chi connectivity index (χ0v) is 15.6. The monoisotopic (exact) mass is 369 g/mol. The number of H-pyrrole nitrogens is 1. The summed E-state index contributed by atoms with van der Waals surface area (Å²) in [6, 6.07) is 19.8. The van der Waals surface area contributed by atoms with Crippen molar-refractivity contribution in [3.8, 4) is 17.3 Å². The highest BCUT2D eigenvalue weighted by Gasteiger charge is 2.19. The van der Waals surface area contributed by atoms with E-state index in [4.69, 9.17) is 0 Å². The fourth-order valence-corrected chi connectivity index (χ4v) is 3.25. The summed E-state index contributed by atoms with van der Waals surface area (Å²) in [7, 11) is 0. The number of aromatic nitrogens is 3. The maximum atomic E-state index is 13.0. The third-order valence-corrected chi connectivity index (χ3v) is 4.62. The lowest BCUT2D eigenvalue weighted by Gasteiger charge is -2.13. The topological polar surface area (TPSA) is 86.0 Å². The quantitative estimate of drug-likeness (QED) is 0.557. The normalized spacial score (nSPS) is 10.9. The SMILES string of the molecule is CC(C)c1c(-c2ccc(Nc3ccccc3)cc2)nc2c(C#N)c[nH]n2c1=O. The molecule has 0 aliphatic rings. The van der Waals surface area contributed by atoms with Crippen LogP contribution >= 0.6 is 0 Å². The summed E-state index contributed by atoms with van der Waals surface area (Å²) in [6.07, 6.45) is 1.50.